The number of aromatic nitrogens is 1. The molecular weight excluding hydrogens is 367 g/mol. The molecule has 1 aliphatic carbocycles. The van der Waals surface area contributed by atoms with Crippen LogP contribution in [0.15, 0.2) is 30.3 Å². The van der Waals surface area contributed by atoms with Crippen molar-refractivity contribution < 1.29 is 22.7 Å². The fourth-order valence-electron chi connectivity index (χ4n) is 3.69. The van der Waals surface area contributed by atoms with E-state index in [2.05, 4.69) is 36.2 Å². The van der Waals surface area contributed by atoms with Crippen molar-refractivity contribution in [3.8, 4) is 5.75 Å². The number of pyridine rings is 1. The number of carbonyl (C=O) groups is 1. The maximum absolute atomic E-state index is 13.6. The third-order valence-electron chi connectivity index (χ3n) is 5.40. The highest BCUT2D eigenvalue weighted by Crippen LogP contribution is 2.36. The van der Waals surface area contributed by atoms with Crippen LogP contribution in [0.3, 0.4) is 0 Å². The molecule has 0 unspecified atom stereocenters. The van der Waals surface area contributed by atoms with Gasteiger partial charge in [-0.05, 0) is 55.6 Å². The summed E-state index contributed by atoms with van der Waals surface area (Å²) in [6.45, 7) is 2.18. The Morgan fingerprint density at radius 2 is 1.75 bits per heavy atom. The normalized spacial score (nSPS) is 19.4. The maximum Gasteiger partial charge on any atom is 0.314 e. The number of aryl methyl sites for hydroxylation is 1. The molecular formula is C22H24F3NO2. The predicted octanol–water partition coefficient (Wildman–Crippen LogP) is 5.72. The molecule has 0 aliphatic heterocycles. The first-order valence-corrected chi connectivity index (χ1v) is 9.80. The van der Waals surface area contributed by atoms with Gasteiger partial charge in [-0.25, -0.2) is 4.39 Å². The van der Waals surface area contributed by atoms with Crippen LogP contribution < -0.4 is 4.74 Å². The van der Waals surface area contributed by atoms with Gasteiger partial charge in [0, 0.05) is 6.07 Å². The Morgan fingerprint density at radius 1 is 1.07 bits per heavy atom. The summed E-state index contributed by atoms with van der Waals surface area (Å²) in [6.07, 6.45) is 6.32. The number of esters is 1. The Morgan fingerprint density at radius 3 is 2.39 bits per heavy atom. The van der Waals surface area contributed by atoms with Gasteiger partial charge in [0.1, 0.15) is 0 Å². The standard InChI is InChI=1S/C22H24F3NO2/c1-2-3-4-14-5-7-15(8-6-14)16-9-11-17(12-10-16)22(27)28-19-13-18(23)20(24)26-21(19)25/h5-8,13,16-17H,2-4,9-12H2,1H3/t16-,17-. The summed E-state index contributed by atoms with van der Waals surface area (Å²) in [5.74, 6) is -5.54. The molecule has 1 heterocycles. The summed E-state index contributed by atoms with van der Waals surface area (Å²) in [7, 11) is 0. The van der Waals surface area contributed by atoms with Crippen molar-refractivity contribution in [2.24, 2.45) is 5.92 Å². The highest BCUT2D eigenvalue weighted by molar-refractivity contribution is 5.75. The number of nitrogens with zero attached hydrogens (tertiary/aromatic N) is 1. The molecule has 3 nitrogen and oxygen atoms in total. The van der Waals surface area contributed by atoms with Gasteiger partial charge in [-0.3, -0.25) is 4.79 Å². The molecule has 0 radical (unpaired) electrons. The number of ether oxygens (including phenoxy) is 1. The van der Waals surface area contributed by atoms with Crippen molar-refractivity contribution in [3.63, 3.8) is 0 Å². The zero-order valence-corrected chi connectivity index (χ0v) is 15.9. The average molecular weight is 391 g/mol. The Hall–Kier alpha value is -2.37. The lowest BCUT2D eigenvalue weighted by Gasteiger charge is -2.27. The van der Waals surface area contributed by atoms with Crippen LogP contribution >= 0.6 is 0 Å². The van der Waals surface area contributed by atoms with Gasteiger partial charge in [-0.1, -0.05) is 37.6 Å². The summed E-state index contributed by atoms with van der Waals surface area (Å²) < 4.78 is 44.6. The van der Waals surface area contributed by atoms with Gasteiger partial charge in [0.25, 0.3) is 11.9 Å². The van der Waals surface area contributed by atoms with Crippen molar-refractivity contribution in [2.45, 2.75) is 57.8 Å². The number of hydrogen-bond acceptors (Lipinski definition) is 3. The molecule has 0 atom stereocenters. The van der Waals surface area contributed by atoms with E-state index >= 15 is 0 Å². The van der Waals surface area contributed by atoms with E-state index in [0.717, 1.165) is 19.3 Å². The van der Waals surface area contributed by atoms with Crippen LogP contribution in [0.5, 0.6) is 5.75 Å². The molecule has 28 heavy (non-hydrogen) atoms. The molecule has 1 aromatic carbocycles. The molecule has 3 rings (SSSR count). The smallest absolute Gasteiger partial charge is 0.314 e. The van der Waals surface area contributed by atoms with Crippen LogP contribution in [-0.4, -0.2) is 11.0 Å². The van der Waals surface area contributed by atoms with Crippen LogP contribution in [0.2, 0.25) is 0 Å². The number of benzene rings is 1. The fraction of sp³-hybridized carbons (Fsp3) is 0.455. The molecule has 1 aromatic heterocycles. The Bertz CT molecular complexity index is 815. The second-order valence-electron chi connectivity index (χ2n) is 7.36. The van der Waals surface area contributed by atoms with Gasteiger partial charge >= 0.3 is 5.97 Å². The molecule has 1 saturated carbocycles. The van der Waals surface area contributed by atoms with Crippen LogP contribution in [0, 0.1) is 23.6 Å². The van der Waals surface area contributed by atoms with Gasteiger partial charge in [0.15, 0.2) is 11.6 Å². The van der Waals surface area contributed by atoms with Gasteiger partial charge in [-0.15, -0.1) is 0 Å². The molecule has 1 aliphatic rings. The van der Waals surface area contributed by atoms with Crippen molar-refractivity contribution in [2.75, 3.05) is 0 Å². The summed E-state index contributed by atoms with van der Waals surface area (Å²) in [5, 5.41) is 0. The van der Waals surface area contributed by atoms with E-state index in [1.165, 1.54) is 24.0 Å². The van der Waals surface area contributed by atoms with E-state index in [-0.39, 0.29) is 5.92 Å². The van der Waals surface area contributed by atoms with Crippen molar-refractivity contribution >= 4 is 5.97 Å². The van der Waals surface area contributed by atoms with Gasteiger partial charge < -0.3 is 4.74 Å². The fourth-order valence-corrected chi connectivity index (χ4v) is 3.69. The summed E-state index contributed by atoms with van der Waals surface area (Å²) in [6, 6.07) is 9.18. The predicted molar refractivity (Wildman–Crippen MR) is 99.5 cm³/mol. The van der Waals surface area contributed by atoms with Gasteiger partial charge in [0.2, 0.25) is 0 Å². The molecule has 6 heteroatoms. The van der Waals surface area contributed by atoms with Crippen molar-refractivity contribution in [3.05, 3.63) is 59.2 Å². The molecule has 0 saturated heterocycles. The summed E-state index contributed by atoms with van der Waals surface area (Å²) >= 11 is 0. The second-order valence-corrected chi connectivity index (χ2v) is 7.36. The zero-order chi connectivity index (χ0) is 20.1. The van der Waals surface area contributed by atoms with Crippen LogP contribution in [0.4, 0.5) is 13.2 Å². The average Bonchev–Trinajstić information content (AvgIpc) is 2.71. The van der Waals surface area contributed by atoms with E-state index in [1.807, 2.05) is 0 Å². The SMILES string of the molecule is CCCCc1ccc([C@H]2CC[C@H](C(=O)Oc3cc(F)c(F)nc3F)CC2)cc1. The lowest BCUT2D eigenvalue weighted by atomic mass is 9.78. The number of rotatable bonds is 6. The first-order valence-electron chi connectivity index (χ1n) is 9.80. The highest BCUT2D eigenvalue weighted by Gasteiger charge is 2.29. The number of carbonyl (C=O) groups excluding carboxylic acids is 1. The minimum absolute atomic E-state index is 0.381. The van der Waals surface area contributed by atoms with Crippen molar-refractivity contribution in [1.82, 2.24) is 4.98 Å². The zero-order valence-electron chi connectivity index (χ0n) is 15.9. The third-order valence-corrected chi connectivity index (χ3v) is 5.40. The molecule has 2 aromatic rings. The molecule has 0 bridgehead atoms. The molecule has 150 valence electrons. The monoisotopic (exact) mass is 391 g/mol. The molecule has 0 N–H and O–H groups in total. The summed E-state index contributed by atoms with van der Waals surface area (Å²) in [5.41, 5.74) is 2.60. The van der Waals surface area contributed by atoms with Crippen LogP contribution in [-0.2, 0) is 11.2 Å². The second kappa shape index (κ2) is 9.22. The van der Waals surface area contributed by atoms with E-state index in [1.54, 1.807) is 0 Å². The lowest BCUT2D eigenvalue weighted by Crippen LogP contribution is -2.25. The number of unbranched alkanes of at least 4 members (excludes halogenated alkanes) is 1. The lowest BCUT2D eigenvalue weighted by molar-refractivity contribution is -0.140. The summed E-state index contributed by atoms with van der Waals surface area (Å²) in [4.78, 5) is 15.0. The molecule has 0 spiro atoms. The quantitative estimate of drug-likeness (QED) is 0.467. The first-order chi connectivity index (χ1) is 13.5. The third kappa shape index (κ3) is 4.91. The Kier molecular flexibility index (Phi) is 6.70. The van der Waals surface area contributed by atoms with E-state index < -0.39 is 29.4 Å². The van der Waals surface area contributed by atoms with E-state index in [9.17, 15) is 18.0 Å². The maximum atomic E-state index is 13.6. The molecule has 1 fully saturated rings. The first kappa shape index (κ1) is 20.4. The van der Waals surface area contributed by atoms with Crippen LogP contribution in [0.1, 0.15) is 62.5 Å². The Labute approximate surface area is 162 Å². The van der Waals surface area contributed by atoms with E-state index in [0.29, 0.717) is 24.8 Å². The topological polar surface area (TPSA) is 39.2 Å². The highest BCUT2D eigenvalue weighted by atomic mass is 19.2. The number of halogens is 3. The van der Waals surface area contributed by atoms with Crippen LogP contribution in [0.25, 0.3) is 0 Å². The van der Waals surface area contributed by atoms with Crippen molar-refractivity contribution in [1.29, 1.82) is 0 Å². The minimum atomic E-state index is -1.56. The minimum Gasteiger partial charge on any atom is -0.421 e. The molecule has 0 amide bonds. The Balaban J connectivity index is 1.55. The van der Waals surface area contributed by atoms with E-state index in [4.69, 9.17) is 4.74 Å². The van der Waals surface area contributed by atoms with Gasteiger partial charge in [0.05, 0.1) is 5.92 Å². The van der Waals surface area contributed by atoms with Gasteiger partial charge in [-0.2, -0.15) is 13.8 Å². The number of hydrogen-bond donors (Lipinski definition) is 0. The largest absolute Gasteiger partial charge is 0.421 e.